The highest BCUT2D eigenvalue weighted by Crippen LogP contribution is 2.23. The molecule has 1 aromatic rings. The lowest BCUT2D eigenvalue weighted by Crippen LogP contribution is -2.47. The molecule has 2 rings (SSSR count). The molecule has 0 saturated carbocycles. The van der Waals surface area contributed by atoms with Crippen molar-refractivity contribution in [3.05, 3.63) is 34.9 Å². The molecule has 0 bridgehead atoms. The fourth-order valence-corrected chi connectivity index (χ4v) is 2.54. The van der Waals surface area contributed by atoms with Crippen LogP contribution in [0.2, 0.25) is 5.02 Å². The molecule has 1 atom stereocenters. The first-order chi connectivity index (χ1) is 8.20. The summed E-state index contributed by atoms with van der Waals surface area (Å²) in [4.78, 5) is 4.80. The van der Waals surface area contributed by atoms with Crippen molar-refractivity contribution < 1.29 is 0 Å². The maximum atomic E-state index is 6.04. The fraction of sp³-hybridized carbons (Fsp3) is 0.538. The highest BCUT2D eigenvalue weighted by atomic mass is 35.5. The molecule has 1 fully saturated rings. The molecule has 17 heavy (non-hydrogen) atoms. The van der Waals surface area contributed by atoms with Gasteiger partial charge < -0.3 is 10.6 Å². The molecule has 1 aliphatic rings. The van der Waals surface area contributed by atoms with Gasteiger partial charge in [-0.05, 0) is 24.7 Å². The third kappa shape index (κ3) is 3.19. The maximum Gasteiger partial charge on any atom is 0.0472 e. The first-order valence-corrected chi connectivity index (χ1v) is 6.46. The van der Waals surface area contributed by atoms with E-state index in [0.29, 0.717) is 12.6 Å². The number of nitrogens with zero attached hydrogens (tertiary/aromatic N) is 2. The second-order valence-electron chi connectivity index (χ2n) is 4.65. The summed E-state index contributed by atoms with van der Waals surface area (Å²) >= 11 is 6.04. The molecule has 3 nitrogen and oxygen atoms in total. The van der Waals surface area contributed by atoms with Crippen LogP contribution in [0.15, 0.2) is 24.3 Å². The lowest BCUT2D eigenvalue weighted by Gasteiger charge is -2.37. The van der Waals surface area contributed by atoms with Crippen molar-refractivity contribution >= 4 is 11.6 Å². The summed E-state index contributed by atoms with van der Waals surface area (Å²) in [6.07, 6.45) is 0. The van der Waals surface area contributed by atoms with Gasteiger partial charge in [0.2, 0.25) is 0 Å². The van der Waals surface area contributed by atoms with Crippen LogP contribution >= 0.6 is 11.6 Å². The minimum Gasteiger partial charge on any atom is -0.329 e. The molecule has 2 N–H and O–H groups in total. The van der Waals surface area contributed by atoms with Gasteiger partial charge in [-0.15, -0.1) is 0 Å². The molecular formula is C13H20ClN3. The van der Waals surface area contributed by atoms with E-state index in [-0.39, 0.29) is 0 Å². The minimum atomic E-state index is 0.294. The van der Waals surface area contributed by atoms with Crippen LogP contribution in [-0.4, -0.2) is 49.6 Å². The van der Waals surface area contributed by atoms with Crippen LogP contribution in [-0.2, 0) is 0 Å². The number of halogens is 1. The zero-order valence-corrected chi connectivity index (χ0v) is 11.0. The van der Waals surface area contributed by atoms with Crippen molar-refractivity contribution in [1.82, 2.24) is 9.80 Å². The molecule has 94 valence electrons. The van der Waals surface area contributed by atoms with Crippen LogP contribution in [0.4, 0.5) is 0 Å². The van der Waals surface area contributed by atoms with Crippen LogP contribution in [0.5, 0.6) is 0 Å². The molecule has 0 aromatic heterocycles. The van der Waals surface area contributed by atoms with Gasteiger partial charge in [-0.2, -0.15) is 0 Å². The number of likely N-dealkylation sites (N-methyl/N-ethyl adjacent to an activating group) is 1. The SMILES string of the molecule is CN1CCN([C@@H](CN)c2cccc(Cl)c2)CC1. The summed E-state index contributed by atoms with van der Waals surface area (Å²) in [5.74, 6) is 0. The smallest absolute Gasteiger partial charge is 0.0472 e. The minimum absolute atomic E-state index is 0.294. The molecule has 1 saturated heterocycles. The number of hydrogen-bond acceptors (Lipinski definition) is 3. The number of nitrogens with two attached hydrogens (primary N) is 1. The van der Waals surface area contributed by atoms with Crippen molar-refractivity contribution in [1.29, 1.82) is 0 Å². The molecule has 4 heteroatoms. The predicted octanol–water partition coefficient (Wildman–Crippen LogP) is 1.59. The first kappa shape index (κ1) is 12.8. The van der Waals surface area contributed by atoms with Gasteiger partial charge in [0.1, 0.15) is 0 Å². The van der Waals surface area contributed by atoms with Gasteiger partial charge in [-0.1, -0.05) is 23.7 Å². The van der Waals surface area contributed by atoms with E-state index in [1.807, 2.05) is 18.2 Å². The van der Waals surface area contributed by atoms with Gasteiger partial charge in [0.05, 0.1) is 0 Å². The summed E-state index contributed by atoms with van der Waals surface area (Å²) in [6, 6.07) is 8.33. The second-order valence-corrected chi connectivity index (χ2v) is 5.08. The average molecular weight is 254 g/mol. The Morgan fingerprint density at radius 3 is 2.59 bits per heavy atom. The molecule has 0 radical (unpaired) electrons. The van der Waals surface area contributed by atoms with Gasteiger partial charge in [0, 0.05) is 43.8 Å². The molecule has 1 aliphatic heterocycles. The quantitative estimate of drug-likeness (QED) is 0.888. The Morgan fingerprint density at radius 2 is 2.00 bits per heavy atom. The summed E-state index contributed by atoms with van der Waals surface area (Å²) in [6.45, 7) is 5.01. The van der Waals surface area contributed by atoms with Crippen molar-refractivity contribution in [2.75, 3.05) is 39.8 Å². The van der Waals surface area contributed by atoms with Crippen molar-refractivity contribution in [3.63, 3.8) is 0 Å². The lowest BCUT2D eigenvalue weighted by molar-refractivity contribution is 0.114. The van der Waals surface area contributed by atoms with Crippen LogP contribution in [0, 0.1) is 0 Å². The van der Waals surface area contributed by atoms with Gasteiger partial charge in [0.15, 0.2) is 0 Å². The van der Waals surface area contributed by atoms with Gasteiger partial charge in [-0.25, -0.2) is 0 Å². The van der Waals surface area contributed by atoms with Crippen molar-refractivity contribution in [2.45, 2.75) is 6.04 Å². The Kier molecular flexibility index (Phi) is 4.40. The zero-order chi connectivity index (χ0) is 12.3. The Labute approximate surface area is 108 Å². The number of rotatable bonds is 3. The monoisotopic (exact) mass is 253 g/mol. The van der Waals surface area contributed by atoms with E-state index in [9.17, 15) is 0 Å². The summed E-state index contributed by atoms with van der Waals surface area (Å²) in [5.41, 5.74) is 7.15. The van der Waals surface area contributed by atoms with E-state index >= 15 is 0 Å². The molecule has 0 unspecified atom stereocenters. The van der Waals surface area contributed by atoms with Crippen LogP contribution in [0.25, 0.3) is 0 Å². The fourth-order valence-electron chi connectivity index (χ4n) is 2.34. The molecule has 1 aromatic carbocycles. The largest absolute Gasteiger partial charge is 0.329 e. The molecular weight excluding hydrogens is 234 g/mol. The van der Waals surface area contributed by atoms with E-state index in [1.54, 1.807) is 0 Å². The standard InChI is InChI=1S/C13H20ClN3/c1-16-5-7-17(8-6-16)13(10-15)11-3-2-4-12(14)9-11/h2-4,9,13H,5-8,10,15H2,1H3/t13-/m0/s1. The van der Waals surface area contributed by atoms with Crippen molar-refractivity contribution in [3.8, 4) is 0 Å². The Hall–Kier alpha value is -0.610. The van der Waals surface area contributed by atoms with E-state index in [4.69, 9.17) is 17.3 Å². The van der Waals surface area contributed by atoms with Crippen LogP contribution in [0.1, 0.15) is 11.6 Å². The Balaban J connectivity index is 2.10. The highest BCUT2D eigenvalue weighted by molar-refractivity contribution is 6.30. The van der Waals surface area contributed by atoms with Crippen LogP contribution < -0.4 is 5.73 Å². The summed E-state index contributed by atoms with van der Waals surface area (Å²) in [7, 11) is 2.16. The van der Waals surface area contributed by atoms with E-state index in [1.165, 1.54) is 5.56 Å². The summed E-state index contributed by atoms with van der Waals surface area (Å²) < 4.78 is 0. The second kappa shape index (κ2) is 5.83. The molecule has 0 spiro atoms. The summed E-state index contributed by atoms with van der Waals surface area (Å²) in [5, 5.41) is 0.787. The highest BCUT2D eigenvalue weighted by Gasteiger charge is 2.22. The molecule has 0 aliphatic carbocycles. The zero-order valence-electron chi connectivity index (χ0n) is 10.3. The number of benzene rings is 1. The maximum absolute atomic E-state index is 6.04. The van der Waals surface area contributed by atoms with Crippen molar-refractivity contribution in [2.24, 2.45) is 5.73 Å². The topological polar surface area (TPSA) is 32.5 Å². The average Bonchev–Trinajstić information content (AvgIpc) is 2.33. The lowest BCUT2D eigenvalue weighted by atomic mass is 10.0. The molecule has 0 amide bonds. The van der Waals surface area contributed by atoms with E-state index in [0.717, 1.165) is 31.2 Å². The van der Waals surface area contributed by atoms with Crippen LogP contribution in [0.3, 0.4) is 0 Å². The van der Waals surface area contributed by atoms with E-state index < -0.39 is 0 Å². The predicted molar refractivity (Wildman–Crippen MR) is 72.3 cm³/mol. The number of hydrogen-bond donors (Lipinski definition) is 1. The molecule has 1 heterocycles. The third-order valence-electron chi connectivity index (χ3n) is 3.44. The van der Waals surface area contributed by atoms with Gasteiger partial charge in [0.25, 0.3) is 0 Å². The normalized spacial score (nSPS) is 20.4. The Morgan fingerprint density at radius 1 is 1.29 bits per heavy atom. The first-order valence-electron chi connectivity index (χ1n) is 6.09. The van der Waals surface area contributed by atoms with E-state index in [2.05, 4.69) is 22.9 Å². The third-order valence-corrected chi connectivity index (χ3v) is 3.67. The van der Waals surface area contributed by atoms with Gasteiger partial charge >= 0.3 is 0 Å². The number of piperazine rings is 1. The Bertz CT molecular complexity index is 361. The van der Waals surface area contributed by atoms with Gasteiger partial charge in [-0.3, -0.25) is 4.90 Å².